The van der Waals surface area contributed by atoms with E-state index < -0.39 is 12.8 Å². The predicted molar refractivity (Wildman–Crippen MR) is 76.1 cm³/mol. The van der Waals surface area contributed by atoms with Crippen LogP contribution in [0.3, 0.4) is 0 Å². The zero-order valence-corrected chi connectivity index (χ0v) is 12.3. The normalized spacial score (nSPS) is 20.5. The maximum Gasteiger partial charge on any atom is 0.422 e. The van der Waals surface area contributed by atoms with E-state index in [4.69, 9.17) is 4.74 Å². The van der Waals surface area contributed by atoms with Crippen molar-refractivity contribution in [3.05, 3.63) is 18.3 Å². The Labute approximate surface area is 127 Å². The number of hydrogen-bond acceptors (Lipinski definition) is 5. The summed E-state index contributed by atoms with van der Waals surface area (Å²) in [5, 5.41) is 6.62. The van der Waals surface area contributed by atoms with E-state index in [0.29, 0.717) is 12.6 Å². The lowest BCUT2D eigenvalue weighted by atomic mass is 10.1. The first-order valence-electron chi connectivity index (χ1n) is 7.15. The van der Waals surface area contributed by atoms with Crippen molar-refractivity contribution in [2.45, 2.75) is 31.6 Å². The van der Waals surface area contributed by atoms with Crippen molar-refractivity contribution in [3.63, 3.8) is 0 Å². The second-order valence-electron chi connectivity index (χ2n) is 5.30. The molecular weight excluding hydrogens is 299 g/mol. The van der Waals surface area contributed by atoms with Crippen molar-refractivity contribution in [2.24, 2.45) is 0 Å². The van der Waals surface area contributed by atoms with Crippen LogP contribution in [0, 0.1) is 0 Å². The molecule has 0 amide bonds. The summed E-state index contributed by atoms with van der Waals surface area (Å²) in [6, 6.07) is 3.56. The van der Waals surface area contributed by atoms with Crippen LogP contribution in [0.25, 0.3) is 0 Å². The Morgan fingerprint density at radius 2 is 2.32 bits per heavy atom. The molecule has 2 heterocycles. The largest absolute Gasteiger partial charge is 0.468 e. The summed E-state index contributed by atoms with van der Waals surface area (Å²) in [5.41, 5.74) is 0.739. The smallest absolute Gasteiger partial charge is 0.422 e. The van der Waals surface area contributed by atoms with Crippen LogP contribution < -0.4 is 15.4 Å². The molecule has 0 bridgehead atoms. The quantitative estimate of drug-likeness (QED) is 0.842. The zero-order valence-electron chi connectivity index (χ0n) is 12.3. The van der Waals surface area contributed by atoms with Gasteiger partial charge in [-0.3, -0.25) is 0 Å². The molecule has 1 aromatic heterocycles. The molecule has 2 atom stereocenters. The number of alkyl halides is 3. The van der Waals surface area contributed by atoms with E-state index in [2.05, 4.69) is 20.4 Å². The molecule has 0 radical (unpaired) electrons. The van der Waals surface area contributed by atoms with E-state index in [1.165, 1.54) is 12.3 Å². The van der Waals surface area contributed by atoms with E-state index in [-0.39, 0.29) is 11.9 Å². The van der Waals surface area contributed by atoms with Crippen molar-refractivity contribution >= 4 is 5.69 Å². The molecule has 5 nitrogen and oxygen atoms in total. The van der Waals surface area contributed by atoms with Gasteiger partial charge in [0.1, 0.15) is 0 Å². The van der Waals surface area contributed by atoms with Crippen molar-refractivity contribution in [1.29, 1.82) is 0 Å². The Hall–Kier alpha value is -1.54. The lowest BCUT2D eigenvalue weighted by Crippen LogP contribution is -2.43. The summed E-state index contributed by atoms with van der Waals surface area (Å²) in [4.78, 5) is 3.86. The Morgan fingerprint density at radius 3 is 2.91 bits per heavy atom. The van der Waals surface area contributed by atoms with Gasteiger partial charge in [-0.25, -0.2) is 4.98 Å². The lowest BCUT2D eigenvalue weighted by Gasteiger charge is -2.27. The highest BCUT2D eigenvalue weighted by Crippen LogP contribution is 2.18. The van der Waals surface area contributed by atoms with Crippen LogP contribution >= 0.6 is 0 Å². The van der Waals surface area contributed by atoms with Gasteiger partial charge in [0.2, 0.25) is 5.88 Å². The summed E-state index contributed by atoms with van der Waals surface area (Å²) >= 11 is 0. The fourth-order valence-corrected chi connectivity index (χ4v) is 2.25. The van der Waals surface area contributed by atoms with Gasteiger partial charge < -0.3 is 20.1 Å². The van der Waals surface area contributed by atoms with Crippen LogP contribution in [-0.2, 0) is 4.74 Å². The van der Waals surface area contributed by atoms with E-state index in [1.54, 1.807) is 6.07 Å². The molecule has 0 aliphatic carbocycles. The molecule has 0 aromatic carbocycles. The topological polar surface area (TPSA) is 55.4 Å². The maximum absolute atomic E-state index is 12.0. The van der Waals surface area contributed by atoms with Crippen LogP contribution in [0.5, 0.6) is 5.88 Å². The van der Waals surface area contributed by atoms with Crippen molar-refractivity contribution in [1.82, 2.24) is 10.3 Å². The van der Waals surface area contributed by atoms with Crippen molar-refractivity contribution in [3.8, 4) is 5.88 Å². The van der Waals surface area contributed by atoms with Crippen LogP contribution in [0.2, 0.25) is 0 Å². The number of ether oxygens (including phenoxy) is 2. The molecule has 2 N–H and O–H groups in total. The fourth-order valence-electron chi connectivity index (χ4n) is 2.25. The predicted octanol–water partition coefficient (Wildman–Crippen LogP) is 2.20. The summed E-state index contributed by atoms with van der Waals surface area (Å²) in [6.45, 7) is 2.97. The van der Waals surface area contributed by atoms with Crippen molar-refractivity contribution < 1.29 is 22.6 Å². The third-order valence-electron chi connectivity index (χ3n) is 3.17. The highest BCUT2D eigenvalue weighted by Gasteiger charge is 2.28. The van der Waals surface area contributed by atoms with Gasteiger partial charge >= 0.3 is 6.18 Å². The summed E-state index contributed by atoms with van der Waals surface area (Å²) in [5.74, 6) is -0.0436. The average Bonchev–Trinajstić information content (AvgIpc) is 2.47. The van der Waals surface area contributed by atoms with Gasteiger partial charge in [-0.2, -0.15) is 13.2 Å². The molecule has 0 saturated carbocycles. The van der Waals surface area contributed by atoms with Crippen LogP contribution in [-0.4, -0.2) is 49.6 Å². The molecule has 1 saturated heterocycles. The molecule has 1 fully saturated rings. The number of nitrogens with zero attached hydrogens (tertiary/aromatic N) is 1. The van der Waals surface area contributed by atoms with Crippen LogP contribution in [0.4, 0.5) is 18.9 Å². The zero-order chi connectivity index (χ0) is 16.0. The third kappa shape index (κ3) is 6.07. The number of hydrogen-bond donors (Lipinski definition) is 2. The van der Waals surface area contributed by atoms with E-state index in [1.807, 2.05) is 6.92 Å². The van der Waals surface area contributed by atoms with Crippen LogP contribution in [0.1, 0.15) is 13.3 Å². The Kier molecular flexibility index (Phi) is 5.84. The maximum atomic E-state index is 12.0. The van der Waals surface area contributed by atoms with Gasteiger partial charge in [0, 0.05) is 24.7 Å². The molecule has 2 rings (SSSR count). The summed E-state index contributed by atoms with van der Waals surface area (Å²) in [7, 11) is 0. The molecule has 124 valence electrons. The fraction of sp³-hybridized carbons (Fsp3) is 0.643. The van der Waals surface area contributed by atoms with Crippen molar-refractivity contribution in [2.75, 3.05) is 31.7 Å². The highest BCUT2D eigenvalue weighted by atomic mass is 19.4. The number of morpholine rings is 1. The minimum Gasteiger partial charge on any atom is -0.468 e. The Morgan fingerprint density at radius 1 is 1.50 bits per heavy atom. The van der Waals surface area contributed by atoms with Gasteiger partial charge in [0.15, 0.2) is 6.61 Å². The van der Waals surface area contributed by atoms with Gasteiger partial charge in [-0.15, -0.1) is 0 Å². The lowest BCUT2D eigenvalue weighted by molar-refractivity contribution is -0.154. The SMILES string of the molecule is CC(CC1COCCN1)Nc1ccc(OCC(F)(F)F)nc1. The molecule has 1 aliphatic heterocycles. The first-order chi connectivity index (χ1) is 10.4. The minimum atomic E-state index is -4.36. The molecule has 0 spiro atoms. The monoisotopic (exact) mass is 319 g/mol. The molecule has 8 heteroatoms. The van der Waals surface area contributed by atoms with Gasteiger partial charge in [0.05, 0.1) is 25.1 Å². The van der Waals surface area contributed by atoms with E-state index in [9.17, 15) is 13.2 Å². The van der Waals surface area contributed by atoms with Gasteiger partial charge in [-0.05, 0) is 19.4 Å². The third-order valence-corrected chi connectivity index (χ3v) is 3.17. The minimum absolute atomic E-state index is 0.0436. The standard InChI is InChI=1S/C14H20F3N3O2/c1-10(6-12-8-21-5-4-18-12)20-11-2-3-13(19-7-11)22-9-14(15,16)17/h2-3,7,10,12,18,20H,4-6,8-9H2,1H3. The van der Waals surface area contributed by atoms with Gasteiger partial charge in [0.25, 0.3) is 0 Å². The van der Waals surface area contributed by atoms with Gasteiger partial charge in [-0.1, -0.05) is 0 Å². The molecular formula is C14H20F3N3O2. The molecule has 2 unspecified atom stereocenters. The number of anilines is 1. The number of pyridine rings is 1. The van der Waals surface area contributed by atoms with E-state index in [0.717, 1.165) is 25.3 Å². The molecule has 22 heavy (non-hydrogen) atoms. The van der Waals surface area contributed by atoms with Crippen LogP contribution in [0.15, 0.2) is 18.3 Å². The second kappa shape index (κ2) is 7.64. The first kappa shape index (κ1) is 16.8. The number of nitrogens with one attached hydrogen (secondary N) is 2. The Bertz CT molecular complexity index is 448. The number of aromatic nitrogens is 1. The summed E-state index contributed by atoms with van der Waals surface area (Å²) in [6.07, 6.45) is -2.01. The Balaban J connectivity index is 1.77. The van der Waals surface area contributed by atoms with E-state index >= 15 is 0 Å². The highest BCUT2D eigenvalue weighted by molar-refractivity contribution is 5.42. The second-order valence-corrected chi connectivity index (χ2v) is 5.30. The summed E-state index contributed by atoms with van der Waals surface area (Å²) < 4.78 is 46.1. The first-order valence-corrected chi connectivity index (χ1v) is 7.15. The average molecular weight is 319 g/mol. The molecule has 1 aliphatic rings. The number of halogens is 3. The number of rotatable bonds is 6. The molecule has 1 aromatic rings.